The Bertz CT molecular complexity index is 810. The van der Waals surface area contributed by atoms with Gasteiger partial charge < -0.3 is 14.4 Å². The lowest BCUT2D eigenvalue weighted by molar-refractivity contribution is -0.0246. The molecule has 0 bridgehead atoms. The van der Waals surface area contributed by atoms with Gasteiger partial charge in [-0.2, -0.15) is 17.4 Å². The quantitative estimate of drug-likeness (QED) is 0.686. The number of carbonyl (C=O) groups excluding carboxylic acids is 1. The Kier molecular flexibility index (Phi) is 8.32. The van der Waals surface area contributed by atoms with Crippen LogP contribution >= 0.6 is 0 Å². The molecule has 1 saturated carbocycles. The summed E-state index contributed by atoms with van der Waals surface area (Å²) >= 11 is 0. The lowest BCUT2D eigenvalue weighted by Gasteiger charge is -2.41. The van der Waals surface area contributed by atoms with Crippen molar-refractivity contribution in [2.45, 2.75) is 62.6 Å². The second-order valence-electron chi connectivity index (χ2n) is 8.60. The van der Waals surface area contributed by atoms with Crippen LogP contribution in [0.2, 0.25) is 0 Å². The molecule has 1 aromatic rings. The predicted octanol–water partition coefficient (Wildman–Crippen LogP) is 2.72. The summed E-state index contributed by atoms with van der Waals surface area (Å²) in [7, 11) is 0.699. The Balaban J connectivity index is 1.62. The SMILES string of the molecule is COC(=O)N1CCC[C@H](NS(=O)(=O)N(C)C)[C@@H]1CO[C@H]1CC[C@@H](c2ccccc2)CC1. The molecule has 3 rings (SSSR count). The van der Waals surface area contributed by atoms with Gasteiger partial charge in [0.2, 0.25) is 0 Å². The van der Waals surface area contributed by atoms with Gasteiger partial charge in [-0.25, -0.2) is 4.79 Å². The smallest absolute Gasteiger partial charge is 0.409 e. The van der Waals surface area contributed by atoms with Gasteiger partial charge in [-0.3, -0.25) is 0 Å². The van der Waals surface area contributed by atoms with Crippen molar-refractivity contribution in [1.29, 1.82) is 0 Å². The van der Waals surface area contributed by atoms with Crippen LogP contribution in [0.3, 0.4) is 0 Å². The zero-order valence-electron chi connectivity index (χ0n) is 18.7. The molecule has 1 amide bonds. The van der Waals surface area contributed by atoms with Gasteiger partial charge in [-0.1, -0.05) is 30.3 Å². The van der Waals surface area contributed by atoms with E-state index in [2.05, 4.69) is 29.0 Å². The number of piperidine rings is 1. The Morgan fingerprint density at radius 1 is 1.13 bits per heavy atom. The summed E-state index contributed by atoms with van der Waals surface area (Å²) in [5.41, 5.74) is 1.38. The van der Waals surface area contributed by atoms with Crippen molar-refractivity contribution in [1.82, 2.24) is 13.9 Å². The maximum absolute atomic E-state index is 12.4. The summed E-state index contributed by atoms with van der Waals surface area (Å²) in [5.74, 6) is 0.557. The molecule has 1 saturated heterocycles. The standard InChI is InChI=1S/C22H35N3O5S/c1-24(2)31(27,28)23-20-10-7-15-25(22(26)29-3)21(20)16-30-19-13-11-18(12-14-19)17-8-5-4-6-9-17/h4-6,8-9,18-21,23H,7,10-16H2,1-3H3/t18-,19+,20-,21-/m0/s1. The fraction of sp³-hybridized carbons (Fsp3) is 0.682. The molecule has 0 radical (unpaired) electrons. The second-order valence-corrected chi connectivity index (χ2v) is 10.5. The van der Waals surface area contributed by atoms with Crippen LogP contribution in [0.15, 0.2) is 30.3 Å². The number of rotatable bonds is 7. The number of methoxy groups -OCH3 is 1. The van der Waals surface area contributed by atoms with E-state index in [-0.39, 0.29) is 12.7 Å². The molecule has 0 spiro atoms. The minimum atomic E-state index is -3.62. The summed E-state index contributed by atoms with van der Waals surface area (Å²) < 4.78 is 39.9. The molecule has 1 heterocycles. The van der Waals surface area contributed by atoms with E-state index in [0.717, 1.165) is 30.0 Å². The second kappa shape index (κ2) is 10.8. The average Bonchev–Trinajstić information content (AvgIpc) is 2.78. The molecule has 31 heavy (non-hydrogen) atoms. The Hall–Kier alpha value is -1.68. The molecule has 0 unspecified atom stereocenters. The molecular formula is C22H35N3O5S. The topological polar surface area (TPSA) is 88.2 Å². The Labute approximate surface area is 186 Å². The first-order valence-electron chi connectivity index (χ1n) is 11.0. The monoisotopic (exact) mass is 453 g/mol. The molecule has 0 aromatic heterocycles. The Morgan fingerprint density at radius 2 is 1.81 bits per heavy atom. The van der Waals surface area contributed by atoms with E-state index < -0.39 is 28.4 Å². The minimum Gasteiger partial charge on any atom is -0.453 e. The molecule has 1 aromatic carbocycles. The van der Waals surface area contributed by atoms with Gasteiger partial charge in [0.15, 0.2) is 0 Å². The van der Waals surface area contributed by atoms with Crippen LogP contribution in [0.25, 0.3) is 0 Å². The van der Waals surface area contributed by atoms with Crippen LogP contribution in [0.5, 0.6) is 0 Å². The number of carbonyl (C=O) groups is 1. The highest BCUT2D eigenvalue weighted by Crippen LogP contribution is 2.34. The number of nitrogens with zero attached hydrogens (tertiary/aromatic N) is 2. The van der Waals surface area contributed by atoms with Crippen LogP contribution in [0.1, 0.15) is 50.0 Å². The number of ether oxygens (including phenoxy) is 2. The van der Waals surface area contributed by atoms with Gasteiger partial charge in [0.1, 0.15) is 0 Å². The van der Waals surface area contributed by atoms with Gasteiger partial charge in [0.05, 0.1) is 25.9 Å². The highest BCUT2D eigenvalue weighted by Gasteiger charge is 2.38. The van der Waals surface area contributed by atoms with Gasteiger partial charge in [0.25, 0.3) is 10.2 Å². The molecule has 1 aliphatic carbocycles. The number of benzene rings is 1. The van der Waals surface area contributed by atoms with Crippen LogP contribution in [0, 0.1) is 0 Å². The zero-order chi connectivity index (χ0) is 22.4. The molecule has 2 aliphatic rings. The third-order valence-electron chi connectivity index (χ3n) is 6.42. The maximum atomic E-state index is 12.4. The highest BCUT2D eigenvalue weighted by molar-refractivity contribution is 7.87. The first-order chi connectivity index (χ1) is 14.8. The Morgan fingerprint density at radius 3 is 2.42 bits per heavy atom. The third-order valence-corrected chi connectivity index (χ3v) is 7.98. The van der Waals surface area contributed by atoms with Crippen LogP contribution in [-0.4, -0.2) is 76.3 Å². The zero-order valence-corrected chi connectivity index (χ0v) is 19.5. The molecule has 1 N–H and O–H groups in total. The fourth-order valence-electron chi connectivity index (χ4n) is 4.56. The molecule has 2 fully saturated rings. The van der Waals surface area contributed by atoms with Gasteiger partial charge >= 0.3 is 6.09 Å². The maximum Gasteiger partial charge on any atom is 0.409 e. The summed E-state index contributed by atoms with van der Waals surface area (Å²) in [6.07, 6.45) is 5.07. The van der Waals surface area contributed by atoms with Crippen molar-refractivity contribution in [2.75, 3.05) is 34.4 Å². The van der Waals surface area contributed by atoms with E-state index in [1.807, 2.05) is 6.07 Å². The number of nitrogens with one attached hydrogen (secondary N) is 1. The van der Waals surface area contributed by atoms with E-state index in [9.17, 15) is 13.2 Å². The van der Waals surface area contributed by atoms with Crippen LogP contribution in [-0.2, 0) is 19.7 Å². The predicted molar refractivity (Wildman–Crippen MR) is 119 cm³/mol. The third kappa shape index (κ3) is 6.19. The lowest BCUT2D eigenvalue weighted by Crippen LogP contribution is -2.60. The summed E-state index contributed by atoms with van der Waals surface area (Å²) in [6.45, 7) is 0.817. The van der Waals surface area contributed by atoms with Gasteiger partial charge in [-0.15, -0.1) is 0 Å². The molecule has 1 aliphatic heterocycles. The van der Waals surface area contributed by atoms with Crippen LogP contribution < -0.4 is 4.72 Å². The number of hydrogen-bond donors (Lipinski definition) is 1. The van der Waals surface area contributed by atoms with Gasteiger partial charge in [-0.05, 0) is 50.0 Å². The van der Waals surface area contributed by atoms with E-state index in [0.29, 0.717) is 25.3 Å². The van der Waals surface area contributed by atoms with Crippen LogP contribution in [0.4, 0.5) is 4.79 Å². The molecule has 8 nitrogen and oxygen atoms in total. The summed E-state index contributed by atoms with van der Waals surface area (Å²) in [4.78, 5) is 13.9. The first kappa shape index (κ1) is 24.0. The highest BCUT2D eigenvalue weighted by atomic mass is 32.2. The van der Waals surface area contributed by atoms with Crippen molar-refractivity contribution in [3.63, 3.8) is 0 Å². The number of likely N-dealkylation sites (tertiary alicyclic amines) is 1. The average molecular weight is 454 g/mol. The minimum absolute atomic E-state index is 0.118. The normalized spacial score (nSPS) is 27.3. The van der Waals surface area contributed by atoms with Crippen molar-refractivity contribution < 1.29 is 22.7 Å². The molecular weight excluding hydrogens is 418 g/mol. The number of amides is 1. The van der Waals surface area contributed by atoms with Gasteiger partial charge in [0, 0.05) is 26.7 Å². The summed E-state index contributed by atoms with van der Waals surface area (Å²) in [5, 5.41) is 0. The number of hydrogen-bond acceptors (Lipinski definition) is 5. The van der Waals surface area contributed by atoms with Crippen molar-refractivity contribution in [3.8, 4) is 0 Å². The van der Waals surface area contributed by atoms with Crippen molar-refractivity contribution in [2.24, 2.45) is 0 Å². The van der Waals surface area contributed by atoms with E-state index in [4.69, 9.17) is 9.47 Å². The molecule has 2 atom stereocenters. The largest absolute Gasteiger partial charge is 0.453 e. The first-order valence-corrected chi connectivity index (χ1v) is 12.5. The van der Waals surface area contributed by atoms with E-state index in [1.165, 1.54) is 26.8 Å². The van der Waals surface area contributed by atoms with Crippen molar-refractivity contribution in [3.05, 3.63) is 35.9 Å². The molecule has 9 heteroatoms. The van der Waals surface area contributed by atoms with E-state index >= 15 is 0 Å². The van der Waals surface area contributed by atoms with E-state index in [1.54, 1.807) is 4.90 Å². The fourth-order valence-corrected chi connectivity index (χ4v) is 5.43. The lowest BCUT2D eigenvalue weighted by atomic mass is 9.83. The summed E-state index contributed by atoms with van der Waals surface area (Å²) in [6, 6.07) is 9.75. The molecule has 174 valence electrons. The van der Waals surface area contributed by atoms with Crippen molar-refractivity contribution >= 4 is 16.3 Å².